The van der Waals surface area contributed by atoms with Gasteiger partial charge in [-0.05, 0) is 24.1 Å². The zero-order valence-electron chi connectivity index (χ0n) is 13.1. The number of aromatic nitrogens is 1. The molecule has 0 aromatic carbocycles. The molecule has 4 heterocycles. The first kappa shape index (κ1) is 15.4. The lowest BCUT2D eigenvalue weighted by molar-refractivity contribution is 0.0920. The van der Waals surface area contributed by atoms with Crippen LogP contribution in [0.15, 0.2) is 29.9 Å². The molecule has 2 aromatic heterocycles. The second-order valence-electron chi connectivity index (χ2n) is 5.89. The Morgan fingerprint density at radius 1 is 1.25 bits per heavy atom. The molecule has 2 atom stereocenters. The third kappa shape index (κ3) is 3.09. The van der Waals surface area contributed by atoms with Crippen molar-refractivity contribution in [2.75, 3.05) is 26.4 Å². The number of nitrogens with one attached hydrogen (secondary N) is 1. The quantitative estimate of drug-likeness (QED) is 0.916. The molecule has 0 radical (unpaired) electrons. The van der Waals surface area contributed by atoms with E-state index in [4.69, 9.17) is 14.2 Å². The first-order valence-corrected chi connectivity index (χ1v) is 8.84. The van der Waals surface area contributed by atoms with Crippen LogP contribution in [0.2, 0.25) is 0 Å². The van der Waals surface area contributed by atoms with Gasteiger partial charge in [0.25, 0.3) is 5.91 Å². The second-order valence-corrected chi connectivity index (χ2v) is 6.77. The molecule has 7 heteroatoms. The number of amides is 1. The van der Waals surface area contributed by atoms with Crippen LogP contribution in [-0.4, -0.2) is 43.4 Å². The van der Waals surface area contributed by atoms with Crippen LogP contribution in [0, 0.1) is 5.92 Å². The molecular formula is C17H18N2O4S. The number of carbonyl (C=O) groups is 1. The molecule has 0 spiro atoms. The van der Waals surface area contributed by atoms with Gasteiger partial charge in [-0.1, -0.05) is 0 Å². The second kappa shape index (κ2) is 6.78. The average Bonchev–Trinajstić information content (AvgIpc) is 3.23. The number of rotatable bonds is 4. The van der Waals surface area contributed by atoms with E-state index < -0.39 is 0 Å². The minimum Gasteiger partial charge on any atom is -0.485 e. The third-order valence-electron chi connectivity index (χ3n) is 4.27. The van der Waals surface area contributed by atoms with E-state index in [1.54, 1.807) is 12.4 Å². The van der Waals surface area contributed by atoms with Crippen molar-refractivity contribution >= 4 is 17.2 Å². The van der Waals surface area contributed by atoms with E-state index >= 15 is 0 Å². The van der Waals surface area contributed by atoms with Crippen LogP contribution in [0.4, 0.5) is 0 Å². The van der Waals surface area contributed by atoms with Crippen molar-refractivity contribution < 1.29 is 19.0 Å². The number of nitrogens with zero attached hydrogens (tertiary/aromatic N) is 1. The van der Waals surface area contributed by atoms with Gasteiger partial charge in [0.1, 0.15) is 18.1 Å². The first-order chi connectivity index (χ1) is 11.8. The Morgan fingerprint density at radius 3 is 2.96 bits per heavy atom. The summed E-state index contributed by atoms with van der Waals surface area (Å²) in [5.41, 5.74) is 1.20. The highest BCUT2D eigenvalue weighted by atomic mass is 32.1. The van der Waals surface area contributed by atoms with E-state index in [2.05, 4.69) is 10.3 Å². The summed E-state index contributed by atoms with van der Waals surface area (Å²) in [5, 5.41) is 4.92. The Labute approximate surface area is 143 Å². The highest BCUT2D eigenvalue weighted by Crippen LogP contribution is 2.39. The van der Waals surface area contributed by atoms with Crippen molar-refractivity contribution in [3.8, 4) is 11.5 Å². The van der Waals surface area contributed by atoms with Gasteiger partial charge in [-0.25, -0.2) is 0 Å². The van der Waals surface area contributed by atoms with Gasteiger partial charge >= 0.3 is 0 Å². The van der Waals surface area contributed by atoms with Crippen LogP contribution >= 0.6 is 11.3 Å². The summed E-state index contributed by atoms with van der Waals surface area (Å²) in [7, 11) is 0. The molecule has 0 saturated carbocycles. The molecule has 4 rings (SSSR count). The third-order valence-corrected chi connectivity index (χ3v) is 5.21. The number of ether oxygens (including phenoxy) is 3. The molecule has 1 saturated heterocycles. The number of hydrogen-bond acceptors (Lipinski definition) is 6. The normalized spacial score (nSPS) is 22.3. The molecule has 1 amide bonds. The van der Waals surface area contributed by atoms with Crippen LogP contribution in [0.25, 0.3) is 0 Å². The number of hydrogen-bond donors (Lipinski definition) is 1. The number of carbonyl (C=O) groups excluding carboxylic acids is 1. The van der Waals surface area contributed by atoms with E-state index in [0.29, 0.717) is 42.8 Å². The Hall–Kier alpha value is -2.12. The largest absolute Gasteiger partial charge is 0.485 e. The fourth-order valence-corrected chi connectivity index (χ4v) is 3.87. The summed E-state index contributed by atoms with van der Waals surface area (Å²) in [6.45, 7) is 2.18. The van der Waals surface area contributed by atoms with Gasteiger partial charge < -0.3 is 19.5 Å². The molecule has 0 bridgehead atoms. The summed E-state index contributed by atoms with van der Waals surface area (Å²) in [6.07, 6.45) is 4.43. The molecule has 2 aliphatic heterocycles. The Morgan fingerprint density at radius 2 is 2.08 bits per heavy atom. The highest BCUT2D eigenvalue weighted by Gasteiger charge is 2.32. The molecule has 2 aliphatic rings. The maximum atomic E-state index is 12.6. The molecule has 1 fully saturated rings. The van der Waals surface area contributed by atoms with Gasteiger partial charge in [0.2, 0.25) is 0 Å². The standard InChI is InChI=1S/C17H18N2O4S/c20-17(16-15-14(10-24-16)22-5-6-23-15)19-13-9-21-8-12(13)7-11-1-3-18-4-2-11/h1-4,10,12-13H,5-9H2,(H,19,20)/t12-,13-/m1/s1. The maximum Gasteiger partial charge on any atom is 0.265 e. The van der Waals surface area contributed by atoms with Gasteiger partial charge in [0, 0.05) is 23.7 Å². The van der Waals surface area contributed by atoms with Gasteiger partial charge in [-0.15, -0.1) is 11.3 Å². The monoisotopic (exact) mass is 346 g/mol. The maximum absolute atomic E-state index is 12.6. The Bertz CT molecular complexity index is 719. The molecule has 126 valence electrons. The number of thiophene rings is 1. The SMILES string of the molecule is O=C(N[C@@H]1COC[C@H]1Cc1ccncc1)c1scc2c1OCCO2. The van der Waals surface area contributed by atoms with Crippen molar-refractivity contribution in [2.24, 2.45) is 5.92 Å². The average molecular weight is 346 g/mol. The van der Waals surface area contributed by atoms with Crippen LogP contribution in [0.3, 0.4) is 0 Å². The summed E-state index contributed by atoms with van der Waals surface area (Å²) in [6, 6.07) is 3.99. The summed E-state index contributed by atoms with van der Waals surface area (Å²) < 4.78 is 16.7. The smallest absolute Gasteiger partial charge is 0.265 e. The minimum absolute atomic E-state index is 0.00655. The van der Waals surface area contributed by atoms with Crippen LogP contribution in [0.1, 0.15) is 15.2 Å². The lowest BCUT2D eigenvalue weighted by atomic mass is 9.95. The van der Waals surface area contributed by atoms with Gasteiger partial charge in [0.15, 0.2) is 11.5 Å². The van der Waals surface area contributed by atoms with Crippen molar-refractivity contribution in [1.82, 2.24) is 10.3 Å². The van der Waals surface area contributed by atoms with Crippen LogP contribution in [0.5, 0.6) is 11.5 Å². The highest BCUT2D eigenvalue weighted by molar-refractivity contribution is 7.12. The predicted molar refractivity (Wildman–Crippen MR) is 88.8 cm³/mol. The number of pyridine rings is 1. The molecule has 1 N–H and O–H groups in total. The van der Waals surface area contributed by atoms with Gasteiger partial charge in [-0.3, -0.25) is 9.78 Å². The van der Waals surface area contributed by atoms with Crippen molar-refractivity contribution in [1.29, 1.82) is 0 Å². The summed E-state index contributed by atoms with van der Waals surface area (Å²) >= 11 is 1.35. The fraction of sp³-hybridized carbons (Fsp3) is 0.412. The van der Waals surface area contributed by atoms with Crippen molar-refractivity contribution in [3.05, 3.63) is 40.3 Å². The van der Waals surface area contributed by atoms with Crippen molar-refractivity contribution in [2.45, 2.75) is 12.5 Å². The molecule has 2 aromatic rings. The summed E-state index contributed by atoms with van der Waals surface area (Å²) in [4.78, 5) is 17.2. The Balaban J connectivity index is 1.44. The molecule has 0 unspecified atom stereocenters. The zero-order valence-corrected chi connectivity index (χ0v) is 13.9. The summed E-state index contributed by atoms with van der Waals surface area (Å²) in [5.74, 6) is 1.35. The number of fused-ring (bicyclic) bond motifs is 1. The van der Waals surface area contributed by atoms with E-state index in [-0.39, 0.29) is 17.9 Å². The minimum atomic E-state index is -0.123. The first-order valence-electron chi connectivity index (χ1n) is 7.96. The van der Waals surface area contributed by atoms with Crippen LogP contribution in [-0.2, 0) is 11.2 Å². The van der Waals surface area contributed by atoms with E-state index in [9.17, 15) is 4.79 Å². The Kier molecular flexibility index (Phi) is 4.36. The van der Waals surface area contributed by atoms with Crippen LogP contribution < -0.4 is 14.8 Å². The zero-order chi connectivity index (χ0) is 16.4. The van der Waals surface area contributed by atoms with E-state index in [1.165, 1.54) is 16.9 Å². The molecule has 6 nitrogen and oxygen atoms in total. The lowest BCUT2D eigenvalue weighted by Crippen LogP contribution is -2.40. The van der Waals surface area contributed by atoms with Crippen molar-refractivity contribution in [3.63, 3.8) is 0 Å². The topological polar surface area (TPSA) is 69.7 Å². The molecule has 24 heavy (non-hydrogen) atoms. The fourth-order valence-electron chi connectivity index (χ4n) is 3.03. The lowest BCUT2D eigenvalue weighted by Gasteiger charge is -2.20. The van der Waals surface area contributed by atoms with E-state index in [0.717, 1.165) is 6.42 Å². The van der Waals surface area contributed by atoms with Gasteiger partial charge in [-0.2, -0.15) is 0 Å². The van der Waals surface area contributed by atoms with Gasteiger partial charge in [0.05, 0.1) is 19.3 Å². The molecular weight excluding hydrogens is 328 g/mol. The van der Waals surface area contributed by atoms with E-state index in [1.807, 2.05) is 17.5 Å². The molecule has 0 aliphatic carbocycles. The predicted octanol–water partition coefficient (Wildman–Crippen LogP) is 1.90.